The maximum atomic E-state index is 11.5. The number of nitrogens with zero attached hydrogens (tertiary/aromatic N) is 3. The van der Waals surface area contributed by atoms with Crippen LogP contribution in [-0.4, -0.2) is 19.9 Å². The standard InChI is InChI=1S/C12H14N4OS/c1-2-4-9-7-11(17)16-12(15-9)18-8-10-13-5-3-6-14-10/h3,5-7H,2,4,8H2,1H3,(H,15,16,17). The lowest BCUT2D eigenvalue weighted by atomic mass is 10.2. The van der Waals surface area contributed by atoms with E-state index in [9.17, 15) is 4.79 Å². The quantitative estimate of drug-likeness (QED) is 0.657. The SMILES string of the molecule is CCCc1cc(=O)[nH]c(SCc2ncccn2)n1. The lowest BCUT2D eigenvalue weighted by molar-refractivity contribution is 0.815. The topological polar surface area (TPSA) is 71.5 Å². The Bertz CT molecular complexity index is 556. The fraction of sp³-hybridized carbons (Fsp3) is 0.333. The molecule has 0 bridgehead atoms. The summed E-state index contributed by atoms with van der Waals surface area (Å²) in [5.74, 6) is 1.32. The van der Waals surface area contributed by atoms with E-state index in [1.807, 2.05) is 0 Å². The van der Waals surface area contributed by atoms with E-state index in [0.29, 0.717) is 10.9 Å². The molecule has 2 heterocycles. The van der Waals surface area contributed by atoms with E-state index in [0.717, 1.165) is 24.4 Å². The average Bonchev–Trinajstić information content (AvgIpc) is 2.37. The van der Waals surface area contributed by atoms with E-state index >= 15 is 0 Å². The van der Waals surface area contributed by atoms with Crippen molar-refractivity contribution in [2.24, 2.45) is 0 Å². The molecule has 0 saturated carbocycles. The van der Waals surface area contributed by atoms with E-state index < -0.39 is 0 Å². The molecule has 0 radical (unpaired) electrons. The Morgan fingerprint density at radius 3 is 2.83 bits per heavy atom. The molecule has 0 aliphatic rings. The second kappa shape index (κ2) is 6.30. The summed E-state index contributed by atoms with van der Waals surface area (Å²) < 4.78 is 0. The zero-order valence-corrected chi connectivity index (χ0v) is 10.9. The van der Waals surface area contributed by atoms with E-state index in [-0.39, 0.29) is 5.56 Å². The van der Waals surface area contributed by atoms with Crippen LogP contribution in [-0.2, 0) is 12.2 Å². The molecule has 2 rings (SSSR count). The van der Waals surface area contributed by atoms with E-state index in [2.05, 4.69) is 26.9 Å². The minimum atomic E-state index is -0.107. The Balaban J connectivity index is 2.07. The molecule has 0 spiro atoms. The first-order valence-corrected chi connectivity index (χ1v) is 6.75. The number of aromatic nitrogens is 4. The van der Waals surface area contributed by atoms with Gasteiger partial charge in [-0.25, -0.2) is 15.0 Å². The van der Waals surface area contributed by atoms with Gasteiger partial charge >= 0.3 is 0 Å². The summed E-state index contributed by atoms with van der Waals surface area (Å²) in [7, 11) is 0. The number of hydrogen-bond acceptors (Lipinski definition) is 5. The summed E-state index contributed by atoms with van der Waals surface area (Å²) in [6.07, 6.45) is 5.20. The zero-order valence-electron chi connectivity index (χ0n) is 10.1. The predicted molar refractivity (Wildman–Crippen MR) is 70.4 cm³/mol. The summed E-state index contributed by atoms with van der Waals surface area (Å²) in [6.45, 7) is 2.06. The van der Waals surface area contributed by atoms with Crippen molar-refractivity contribution in [1.82, 2.24) is 19.9 Å². The normalized spacial score (nSPS) is 10.5. The van der Waals surface area contributed by atoms with Crippen molar-refractivity contribution in [3.63, 3.8) is 0 Å². The van der Waals surface area contributed by atoms with Crippen LogP contribution in [0.5, 0.6) is 0 Å². The second-order valence-electron chi connectivity index (χ2n) is 3.75. The van der Waals surface area contributed by atoms with Gasteiger partial charge in [0.15, 0.2) is 5.16 Å². The van der Waals surface area contributed by atoms with E-state index in [4.69, 9.17) is 0 Å². The molecule has 6 heteroatoms. The molecule has 0 atom stereocenters. The Hall–Kier alpha value is -1.69. The molecule has 0 fully saturated rings. The summed E-state index contributed by atoms with van der Waals surface area (Å²) >= 11 is 1.44. The van der Waals surface area contributed by atoms with Gasteiger partial charge in [-0.3, -0.25) is 4.79 Å². The average molecular weight is 262 g/mol. The van der Waals surface area contributed by atoms with Crippen LogP contribution in [0.1, 0.15) is 24.9 Å². The van der Waals surface area contributed by atoms with Crippen LogP contribution in [0.4, 0.5) is 0 Å². The lowest BCUT2D eigenvalue weighted by Crippen LogP contribution is -2.10. The van der Waals surface area contributed by atoms with Gasteiger partial charge in [-0.05, 0) is 12.5 Å². The first-order valence-electron chi connectivity index (χ1n) is 5.77. The minimum absolute atomic E-state index is 0.107. The van der Waals surface area contributed by atoms with Crippen molar-refractivity contribution in [2.75, 3.05) is 0 Å². The van der Waals surface area contributed by atoms with Crippen molar-refractivity contribution < 1.29 is 0 Å². The van der Waals surface area contributed by atoms with Gasteiger partial charge in [0.1, 0.15) is 5.82 Å². The number of nitrogens with one attached hydrogen (secondary N) is 1. The van der Waals surface area contributed by atoms with Crippen LogP contribution in [0, 0.1) is 0 Å². The van der Waals surface area contributed by atoms with Crippen LogP contribution in [0.3, 0.4) is 0 Å². The summed E-state index contributed by atoms with van der Waals surface area (Å²) in [5, 5.41) is 0.624. The number of aromatic amines is 1. The van der Waals surface area contributed by atoms with Crippen LogP contribution < -0.4 is 5.56 Å². The van der Waals surface area contributed by atoms with Gasteiger partial charge in [0.2, 0.25) is 0 Å². The molecule has 0 aromatic carbocycles. The highest BCUT2D eigenvalue weighted by Crippen LogP contribution is 2.15. The maximum Gasteiger partial charge on any atom is 0.251 e. The van der Waals surface area contributed by atoms with Crippen molar-refractivity contribution in [3.8, 4) is 0 Å². The molecule has 2 aromatic heterocycles. The second-order valence-corrected chi connectivity index (χ2v) is 4.71. The highest BCUT2D eigenvalue weighted by molar-refractivity contribution is 7.98. The van der Waals surface area contributed by atoms with Crippen LogP contribution in [0.25, 0.3) is 0 Å². The van der Waals surface area contributed by atoms with Gasteiger partial charge in [-0.15, -0.1) is 0 Å². The van der Waals surface area contributed by atoms with Crippen molar-refractivity contribution in [2.45, 2.75) is 30.7 Å². The minimum Gasteiger partial charge on any atom is -0.301 e. The number of H-pyrrole nitrogens is 1. The van der Waals surface area contributed by atoms with Gasteiger partial charge in [0, 0.05) is 24.2 Å². The molecule has 94 valence electrons. The van der Waals surface area contributed by atoms with Gasteiger partial charge in [-0.1, -0.05) is 25.1 Å². The molecule has 0 aliphatic carbocycles. The van der Waals surface area contributed by atoms with E-state index in [1.165, 1.54) is 11.8 Å². The Kier molecular flexibility index (Phi) is 4.46. The molecule has 2 aromatic rings. The fourth-order valence-electron chi connectivity index (χ4n) is 1.47. The van der Waals surface area contributed by atoms with Crippen molar-refractivity contribution >= 4 is 11.8 Å². The fourth-order valence-corrected chi connectivity index (χ4v) is 2.24. The monoisotopic (exact) mass is 262 g/mol. The van der Waals surface area contributed by atoms with Gasteiger partial charge in [-0.2, -0.15) is 0 Å². The number of thioether (sulfide) groups is 1. The highest BCUT2D eigenvalue weighted by atomic mass is 32.2. The first-order chi connectivity index (χ1) is 8.78. The number of aryl methyl sites for hydroxylation is 1. The van der Waals surface area contributed by atoms with E-state index in [1.54, 1.807) is 24.5 Å². The van der Waals surface area contributed by atoms with Crippen LogP contribution in [0.15, 0.2) is 34.5 Å². The Morgan fingerprint density at radius 2 is 2.11 bits per heavy atom. The van der Waals surface area contributed by atoms with Crippen molar-refractivity contribution in [3.05, 3.63) is 46.4 Å². The molecule has 1 N–H and O–H groups in total. The zero-order chi connectivity index (χ0) is 12.8. The molecule has 0 amide bonds. The molecule has 18 heavy (non-hydrogen) atoms. The third kappa shape index (κ3) is 3.66. The number of hydrogen-bond donors (Lipinski definition) is 1. The third-order valence-electron chi connectivity index (χ3n) is 2.24. The Morgan fingerprint density at radius 1 is 1.33 bits per heavy atom. The van der Waals surface area contributed by atoms with Gasteiger partial charge < -0.3 is 4.98 Å². The van der Waals surface area contributed by atoms with Crippen molar-refractivity contribution in [1.29, 1.82) is 0 Å². The van der Waals surface area contributed by atoms with Gasteiger partial charge in [0.25, 0.3) is 5.56 Å². The van der Waals surface area contributed by atoms with Gasteiger partial charge in [0.05, 0.1) is 5.75 Å². The smallest absolute Gasteiger partial charge is 0.251 e. The molecular formula is C12H14N4OS. The predicted octanol–water partition coefficient (Wildman–Crippen LogP) is 1.80. The number of rotatable bonds is 5. The third-order valence-corrected chi connectivity index (χ3v) is 3.11. The largest absolute Gasteiger partial charge is 0.301 e. The van der Waals surface area contributed by atoms with Crippen LogP contribution in [0.2, 0.25) is 0 Å². The molecule has 0 saturated heterocycles. The Labute approximate surface area is 109 Å². The summed E-state index contributed by atoms with van der Waals surface area (Å²) in [6, 6.07) is 3.32. The molecule has 0 unspecified atom stereocenters. The molecular weight excluding hydrogens is 248 g/mol. The summed E-state index contributed by atoms with van der Waals surface area (Å²) in [4.78, 5) is 26.8. The maximum absolute atomic E-state index is 11.5. The van der Waals surface area contributed by atoms with Crippen LogP contribution >= 0.6 is 11.8 Å². The summed E-state index contributed by atoms with van der Waals surface area (Å²) in [5.41, 5.74) is 0.725. The molecule has 5 nitrogen and oxygen atoms in total. The molecule has 0 aliphatic heterocycles. The first kappa shape index (κ1) is 12.8. The highest BCUT2D eigenvalue weighted by Gasteiger charge is 2.03. The lowest BCUT2D eigenvalue weighted by Gasteiger charge is -2.02.